The molecule has 3 aliphatic rings. The first-order chi connectivity index (χ1) is 13.6. The Morgan fingerprint density at radius 2 is 1.64 bits per heavy atom. The molecule has 0 saturated carbocycles. The number of ether oxygens (including phenoxy) is 1. The molecule has 1 unspecified atom stereocenters. The molecule has 4 heteroatoms. The van der Waals surface area contributed by atoms with Gasteiger partial charge in [-0.15, -0.1) is 0 Å². The van der Waals surface area contributed by atoms with Crippen LogP contribution in [0.15, 0.2) is 77.1 Å². The van der Waals surface area contributed by atoms with E-state index in [1.807, 2.05) is 37.3 Å². The van der Waals surface area contributed by atoms with Crippen LogP contribution in [0.5, 0.6) is 0 Å². The molecule has 1 atom stereocenters. The zero-order chi connectivity index (χ0) is 19.3. The van der Waals surface area contributed by atoms with E-state index in [0.29, 0.717) is 12.0 Å². The lowest BCUT2D eigenvalue weighted by atomic mass is 9.75. The minimum Gasteiger partial charge on any atom is -0.456 e. The van der Waals surface area contributed by atoms with Gasteiger partial charge in [-0.25, -0.2) is 4.79 Å². The largest absolute Gasteiger partial charge is 0.456 e. The van der Waals surface area contributed by atoms with Gasteiger partial charge in [0.2, 0.25) is 0 Å². The molecule has 0 fully saturated rings. The van der Waals surface area contributed by atoms with Crippen LogP contribution in [0.3, 0.4) is 0 Å². The fraction of sp³-hybridized carbons (Fsp3) is 0.250. The van der Waals surface area contributed by atoms with Gasteiger partial charge in [-0.1, -0.05) is 48.0 Å². The van der Waals surface area contributed by atoms with Crippen molar-refractivity contribution in [1.82, 2.24) is 0 Å². The molecule has 2 aromatic carbocycles. The number of hydrogen-bond donors (Lipinski definition) is 0. The molecule has 1 aliphatic carbocycles. The average Bonchev–Trinajstić information content (AvgIpc) is 3.09. The maximum absolute atomic E-state index is 13.1. The predicted molar refractivity (Wildman–Crippen MR) is 107 cm³/mol. The highest BCUT2D eigenvalue weighted by Crippen LogP contribution is 2.49. The molecule has 0 N–H and O–H groups in total. The molecule has 140 valence electrons. The molecule has 0 bridgehead atoms. The molecular weight excluding hydrogens is 350 g/mol. The van der Waals surface area contributed by atoms with Crippen molar-refractivity contribution in [1.29, 1.82) is 0 Å². The standard InChI is InChI=1S/C24H21NO3/c1-15-10-12-17(13-11-15)25-18-8-5-9-20(26)22(18)21(16-6-3-2-4-7-16)23-19(25)14-28-24(23)27/h2-4,6-7,10-13,21H,5,8-9,14H2,1H3. The molecule has 5 rings (SSSR count). The van der Waals surface area contributed by atoms with Gasteiger partial charge >= 0.3 is 5.97 Å². The van der Waals surface area contributed by atoms with E-state index in [1.165, 1.54) is 5.56 Å². The van der Waals surface area contributed by atoms with Crippen LogP contribution in [0.25, 0.3) is 0 Å². The SMILES string of the molecule is Cc1ccc(N2C3=C(C(=O)CCC3)C(c3ccccc3)C3=C2COC3=O)cc1. The zero-order valence-corrected chi connectivity index (χ0v) is 15.8. The second kappa shape index (κ2) is 6.48. The third-order valence-corrected chi connectivity index (χ3v) is 5.84. The van der Waals surface area contributed by atoms with Crippen LogP contribution in [0.2, 0.25) is 0 Å². The Hall–Kier alpha value is -3.14. The summed E-state index contributed by atoms with van der Waals surface area (Å²) in [6.45, 7) is 2.30. The van der Waals surface area contributed by atoms with Crippen molar-refractivity contribution in [3.05, 3.63) is 88.3 Å². The van der Waals surface area contributed by atoms with Crippen molar-refractivity contribution in [3.63, 3.8) is 0 Å². The molecule has 4 nitrogen and oxygen atoms in total. The number of aryl methyl sites for hydroxylation is 1. The van der Waals surface area contributed by atoms with Crippen LogP contribution in [-0.2, 0) is 14.3 Å². The smallest absolute Gasteiger partial charge is 0.337 e. The van der Waals surface area contributed by atoms with Gasteiger partial charge < -0.3 is 9.64 Å². The summed E-state index contributed by atoms with van der Waals surface area (Å²) < 4.78 is 5.48. The molecule has 28 heavy (non-hydrogen) atoms. The van der Waals surface area contributed by atoms with Gasteiger partial charge in [0.15, 0.2) is 5.78 Å². The molecule has 0 spiro atoms. The third-order valence-electron chi connectivity index (χ3n) is 5.84. The minimum atomic E-state index is -0.337. The number of allylic oxidation sites excluding steroid dienone is 2. The van der Waals surface area contributed by atoms with E-state index in [1.54, 1.807) is 0 Å². The monoisotopic (exact) mass is 371 g/mol. The summed E-state index contributed by atoms with van der Waals surface area (Å²) in [5.74, 6) is -0.514. The number of benzene rings is 2. The lowest BCUT2D eigenvalue weighted by Gasteiger charge is -2.39. The van der Waals surface area contributed by atoms with Crippen LogP contribution in [-0.4, -0.2) is 18.4 Å². The number of ketones is 1. The average molecular weight is 371 g/mol. The Bertz CT molecular complexity index is 1030. The van der Waals surface area contributed by atoms with Crippen LogP contribution in [0.1, 0.15) is 36.3 Å². The Balaban J connectivity index is 1.77. The Morgan fingerprint density at radius 3 is 2.39 bits per heavy atom. The molecular formula is C24H21NO3. The summed E-state index contributed by atoms with van der Waals surface area (Å²) in [4.78, 5) is 27.9. The highest BCUT2D eigenvalue weighted by molar-refractivity contribution is 6.06. The van der Waals surface area contributed by atoms with E-state index in [9.17, 15) is 9.59 Å². The highest BCUT2D eigenvalue weighted by Gasteiger charge is 2.46. The van der Waals surface area contributed by atoms with Gasteiger partial charge in [0, 0.05) is 29.3 Å². The number of cyclic esters (lactones) is 1. The molecule has 2 heterocycles. The summed E-state index contributed by atoms with van der Waals surface area (Å²) in [6, 6.07) is 18.1. The number of rotatable bonds is 2. The number of Topliss-reactive ketones (excluding diaryl/α,β-unsaturated/α-hetero) is 1. The number of carbonyl (C=O) groups excluding carboxylic acids is 2. The van der Waals surface area contributed by atoms with Crippen LogP contribution >= 0.6 is 0 Å². The first kappa shape index (κ1) is 17.0. The number of esters is 1. The Labute approximate surface area is 164 Å². The molecule has 0 amide bonds. The van der Waals surface area contributed by atoms with Crippen molar-refractivity contribution in [2.45, 2.75) is 32.1 Å². The number of hydrogen-bond acceptors (Lipinski definition) is 4. The van der Waals surface area contributed by atoms with Gasteiger partial charge in [0.25, 0.3) is 0 Å². The summed E-state index contributed by atoms with van der Waals surface area (Å²) >= 11 is 0. The van der Waals surface area contributed by atoms with E-state index < -0.39 is 0 Å². The van der Waals surface area contributed by atoms with Crippen molar-refractivity contribution >= 4 is 17.4 Å². The quantitative estimate of drug-likeness (QED) is 0.734. The van der Waals surface area contributed by atoms with Crippen molar-refractivity contribution in [2.75, 3.05) is 11.5 Å². The fourth-order valence-corrected chi connectivity index (χ4v) is 4.57. The normalized spacial score (nSPS) is 21.6. The van der Waals surface area contributed by atoms with E-state index in [-0.39, 0.29) is 24.3 Å². The molecule has 0 aromatic heterocycles. The maximum atomic E-state index is 13.1. The maximum Gasteiger partial charge on any atom is 0.337 e. The van der Waals surface area contributed by atoms with E-state index in [2.05, 4.69) is 29.2 Å². The molecule has 2 aromatic rings. The predicted octanol–water partition coefficient (Wildman–Crippen LogP) is 4.42. The topological polar surface area (TPSA) is 46.6 Å². The van der Waals surface area contributed by atoms with Gasteiger partial charge in [0.1, 0.15) is 6.61 Å². The Morgan fingerprint density at radius 1 is 0.893 bits per heavy atom. The minimum absolute atomic E-state index is 0.137. The lowest BCUT2D eigenvalue weighted by Crippen LogP contribution is -2.36. The summed E-state index contributed by atoms with van der Waals surface area (Å²) in [5.41, 5.74) is 6.38. The van der Waals surface area contributed by atoms with E-state index in [0.717, 1.165) is 41.1 Å². The first-order valence-corrected chi connectivity index (χ1v) is 9.73. The lowest BCUT2D eigenvalue weighted by molar-refractivity contribution is -0.136. The van der Waals surface area contributed by atoms with E-state index >= 15 is 0 Å². The van der Waals surface area contributed by atoms with Gasteiger partial charge in [-0.05, 0) is 37.5 Å². The first-order valence-electron chi connectivity index (χ1n) is 9.73. The van der Waals surface area contributed by atoms with Crippen molar-refractivity contribution in [2.24, 2.45) is 0 Å². The van der Waals surface area contributed by atoms with Crippen LogP contribution in [0.4, 0.5) is 5.69 Å². The van der Waals surface area contributed by atoms with Crippen molar-refractivity contribution < 1.29 is 14.3 Å². The van der Waals surface area contributed by atoms with Crippen LogP contribution < -0.4 is 4.90 Å². The van der Waals surface area contributed by atoms with Crippen LogP contribution in [0, 0.1) is 6.92 Å². The second-order valence-electron chi connectivity index (χ2n) is 7.59. The van der Waals surface area contributed by atoms with Gasteiger partial charge in [-0.2, -0.15) is 0 Å². The molecule has 0 radical (unpaired) electrons. The summed E-state index contributed by atoms with van der Waals surface area (Å²) in [5, 5.41) is 0. The zero-order valence-electron chi connectivity index (χ0n) is 15.8. The number of anilines is 1. The van der Waals surface area contributed by atoms with Gasteiger partial charge in [-0.3, -0.25) is 4.79 Å². The van der Waals surface area contributed by atoms with Gasteiger partial charge in [0.05, 0.1) is 11.3 Å². The molecule has 0 saturated heterocycles. The summed E-state index contributed by atoms with van der Waals surface area (Å²) in [7, 11) is 0. The number of nitrogens with zero attached hydrogens (tertiary/aromatic N) is 1. The Kier molecular flexibility index (Phi) is 3.93. The summed E-state index contributed by atoms with van der Waals surface area (Å²) in [6.07, 6.45) is 2.18. The number of carbonyl (C=O) groups is 2. The van der Waals surface area contributed by atoms with E-state index in [4.69, 9.17) is 4.74 Å². The second-order valence-corrected chi connectivity index (χ2v) is 7.59. The third kappa shape index (κ3) is 2.52. The fourth-order valence-electron chi connectivity index (χ4n) is 4.57. The highest BCUT2D eigenvalue weighted by atomic mass is 16.5. The molecule has 2 aliphatic heterocycles. The van der Waals surface area contributed by atoms with Crippen molar-refractivity contribution in [3.8, 4) is 0 Å².